The third-order valence-corrected chi connectivity index (χ3v) is 8.32. The largest absolute Gasteiger partial charge is 0.497 e. The molecule has 3 aromatic carbocycles. The first-order chi connectivity index (χ1) is 19.3. The molecule has 40 heavy (non-hydrogen) atoms. The summed E-state index contributed by atoms with van der Waals surface area (Å²) in [4.78, 5) is 14.3. The summed E-state index contributed by atoms with van der Waals surface area (Å²) in [6.45, 7) is 4.34. The minimum Gasteiger partial charge on any atom is -0.497 e. The van der Waals surface area contributed by atoms with Crippen LogP contribution in [0, 0.1) is 6.92 Å². The van der Waals surface area contributed by atoms with Crippen LogP contribution in [0.3, 0.4) is 0 Å². The van der Waals surface area contributed by atoms with Crippen LogP contribution in [0.5, 0.6) is 11.5 Å². The molecule has 3 aromatic rings. The molecular formula is C31H37NO7S. The Balaban J connectivity index is 1.37. The summed E-state index contributed by atoms with van der Waals surface area (Å²) in [5, 5.41) is 0. The van der Waals surface area contributed by atoms with Crippen LogP contribution in [0.4, 0.5) is 4.79 Å². The van der Waals surface area contributed by atoms with Gasteiger partial charge in [-0.15, -0.1) is 0 Å². The number of benzene rings is 3. The van der Waals surface area contributed by atoms with Crippen molar-refractivity contribution < 1.29 is 31.6 Å². The standard InChI is InChI=1S/C31H37NO7S/c1-4-37-31(33)32-22-28(39-40(34,35)29-16-12-23(2)13-17-29)21-26(32)18-19-38-30-11-6-5-9-25(30)15-14-24-8-7-10-27(20-24)36-3/h5-13,16-17,20,26,28H,4,14-15,18-19,21-22H2,1-3H3/t26-,28+/m1/s1. The van der Waals surface area contributed by atoms with Gasteiger partial charge in [-0.1, -0.05) is 48.0 Å². The van der Waals surface area contributed by atoms with Crippen molar-refractivity contribution in [2.24, 2.45) is 0 Å². The van der Waals surface area contributed by atoms with Crippen LogP contribution >= 0.6 is 0 Å². The van der Waals surface area contributed by atoms with E-state index in [-0.39, 0.29) is 24.1 Å². The maximum absolute atomic E-state index is 12.9. The predicted octanol–water partition coefficient (Wildman–Crippen LogP) is 5.56. The Labute approximate surface area is 236 Å². The first-order valence-corrected chi connectivity index (χ1v) is 15.0. The van der Waals surface area contributed by atoms with Crippen LogP contribution in [-0.4, -0.2) is 58.4 Å². The van der Waals surface area contributed by atoms with Gasteiger partial charge in [0.05, 0.1) is 37.9 Å². The fourth-order valence-electron chi connectivity index (χ4n) is 4.85. The van der Waals surface area contributed by atoms with Gasteiger partial charge in [0.2, 0.25) is 0 Å². The van der Waals surface area contributed by atoms with E-state index in [1.54, 1.807) is 31.1 Å². The SMILES string of the molecule is CCOC(=O)N1C[C@@H](OS(=O)(=O)c2ccc(C)cc2)C[C@H]1CCOc1ccccc1CCc1cccc(OC)c1. The molecule has 0 aromatic heterocycles. The highest BCUT2D eigenvalue weighted by atomic mass is 32.2. The van der Waals surface area contributed by atoms with E-state index in [1.807, 2.05) is 43.3 Å². The highest BCUT2D eigenvalue weighted by Gasteiger charge is 2.39. The van der Waals surface area contributed by atoms with Crippen LogP contribution in [0.1, 0.15) is 36.5 Å². The number of likely N-dealkylation sites (tertiary alicyclic amines) is 1. The van der Waals surface area contributed by atoms with Crippen LogP contribution in [0.25, 0.3) is 0 Å². The topological polar surface area (TPSA) is 91.4 Å². The fourth-order valence-corrected chi connectivity index (χ4v) is 5.93. The van der Waals surface area contributed by atoms with Gasteiger partial charge in [0, 0.05) is 12.5 Å². The van der Waals surface area contributed by atoms with E-state index in [9.17, 15) is 13.2 Å². The minimum atomic E-state index is -3.97. The third kappa shape index (κ3) is 7.76. The van der Waals surface area contributed by atoms with Gasteiger partial charge in [-0.2, -0.15) is 8.42 Å². The van der Waals surface area contributed by atoms with Gasteiger partial charge >= 0.3 is 6.09 Å². The molecule has 0 radical (unpaired) electrons. The fraction of sp³-hybridized carbons (Fsp3) is 0.387. The molecule has 1 heterocycles. The molecule has 8 nitrogen and oxygen atoms in total. The summed E-state index contributed by atoms with van der Waals surface area (Å²) in [5.41, 5.74) is 3.22. The molecule has 0 spiro atoms. The molecule has 0 saturated carbocycles. The molecule has 1 amide bonds. The van der Waals surface area contributed by atoms with Gasteiger partial charge in [0.15, 0.2) is 0 Å². The lowest BCUT2D eigenvalue weighted by molar-refractivity contribution is 0.0955. The molecule has 0 unspecified atom stereocenters. The number of carbonyl (C=O) groups is 1. The number of para-hydroxylation sites is 1. The number of aryl methyl sites for hydroxylation is 3. The lowest BCUT2D eigenvalue weighted by Crippen LogP contribution is -2.37. The number of amides is 1. The second-order valence-corrected chi connectivity index (χ2v) is 11.4. The number of hydrogen-bond acceptors (Lipinski definition) is 7. The lowest BCUT2D eigenvalue weighted by Gasteiger charge is -2.23. The smallest absolute Gasteiger partial charge is 0.410 e. The maximum Gasteiger partial charge on any atom is 0.410 e. The first kappa shape index (κ1) is 29.4. The Morgan fingerprint density at radius 3 is 2.52 bits per heavy atom. The van der Waals surface area contributed by atoms with Crippen molar-refractivity contribution in [1.82, 2.24) is 4.90 Å². The number of rotatable bonds is 12. The Hall–Kier alpha value is -3.56. The Morgan fingerprint density at radius 2 is 1.77 bits per heavy atom. The van der Waals surface area contributed by atoms with Gasteiger partial charge in [0.25, 0.3) is 10.1 Å². The van der Waals surface area contributed by atoms with E-state index >= 15 is 0 Å². The van der Waals surface area contributed by atoms with Crippen LogP contribution in [-0.2, 0) is 31.9 Å². The van der Waals surface area contributed by atoms with Gasteiger partial charge < -0.3 is 19.1 Å². The molecule has 9 heteroatoms. The summed E-state index contributed by atoms with van der Waals surface area (Å²) < 4.78 is 48.0. The van der Waals surface area contributed by atoms with Crippen molar-refractivity contribution in [1.29, 1.82) is 0 Å². The monoisotopic (exact) mass is 567 g/mol. The zero-order valence-corrected chi connectivity index (χ0v) is 24.1. The average Bonchev–Trinajstić information content (AvgIpc) is 3.34. The lowest BCUT2D eigenvalue weighted by atomic mass is 10.0. The highest BCUT2D eigenvalue weighted by molar-refractivity contribution is 7.86. The molecular weight excluding hydrogens is 530 g/mol. The quantitative estimate of drug-likeness (QED) is 0.265. The number of methoxy groups -OCH3 is 1. The van der Waals surface area contributed by atoms with Crippen LogP contribution < -0.4 is 9.47 Å². The molecule has 4 rings (SSSR count). The van der Waals surface area contributed by atoms with Crippen molar-refractivity contribution >= 4 is 16.2 Å². The van der Waals surface area contributed by atoms with Crippen molar-refractivity contribution in [2.75, 3.05) is 26.9 Å². The van der Waals surface area contributed by atoms with E-state index in [2.05, 4.69) is 12.1 Å². The summed E-state index contributed by atoms with van der Waals surface area (Å²) in [6.07, 6.45) is 1.36. The zero-order valence-electron chi connectivity index (χ0n) is 23.2. The first-order valence-electron chi connectivity index (χ1n) is 13.6. The summed E-state index contributed by atoms with van der Waals surface area (Å²) in [6, 6.07) is 22.2. The second kappa shape index (κ2) is 13.7. The van der Waals surface area contributed by atoms with E-state index in [0.29, 0.717) is 19.4 Å². The van der Waals surface area contributed by atoms with Gasteiger partial charge in [-0.05, 0) is 74.6 Å². The molecule has 1 aliphatic heterocycles. The van der Waals surface area contributed by atoms with Crippen molar-refractivity contribution in [2.45, 2.75) is 56.6 Å². The van der Waals surface area contributed by atoms with Crippen molar-refractivity contribution in [3.8, 4) is 11.5 Å². The molecule has 0 bridgehead atoms. The van der Waals surface area contributed by atoms with Crippen molar-refractivity contribution in [3.63, 3.8) is 0 Å². The van der Waals surface area contributed by atoms with Crippen LogP contribution in [0.15, 0.2) is 77.7 Å². The van der Waals surface area contributed by atoms with Crippen LogP contribution in [0.2, 0.25) is 0 Å². The van der Waals surface area contributed by atoms with Gasteiger partial charge in [-0.3, -0.25) is 4.18 Å². The molecule has 2 atom stereocenters. The van der Waals surface area contributed by atoms with E-state index in [4.69, 9.17) is 18.4 Å². The Bertz CT molecular complexity index is 1370. The Kier molecular flexibility index (Phi) is 10.1. The summed E-state index contributed by atoms with van der Waals surface area (Å²) in [5.74, 6) is 1.62. The summed E-state index contributed by atoms with van der Waals surface area (Å²) in [7, 11) is -2.31. The van der Waals surface area contributed by atoms with Crippen molar-refractivity contribution in [3.05, 3.63) is 89.5 Å². The molecule has 0 aliphatic carbocycles. The van der Waals surface area contributed by atoms with E-state index < -0.39 is 22.3 Å². The molecule has 214 valence electrons. The molecule has 1 saturated heterocycles. The number of nitrogens with zero attached hydrogens (tertiary/aromatic N) is 1. The molecule has 0 N–H and O–H groups in total. The number of carbonyl (C=O) groups excluding carboxylic acids is 1. The minimum absolute atomic E-state index is 0.0955. The average molecular weight is 568 g/mol. The maximum atomic E-state index is 12.9. The molecule has 1 aliphatic rings. The number of hydrogen-bond donors (Lipinski definition) is 0. The van der Waals surface area contributed by atoms with Gasteiger partial charge in [0.1, 0.15) is 11.5 Å². The highest BCUT2D eigenvalue weighted by Crippen LogP contribution is 2.28. The second-order valence-electron chi connectivity index (χ2n) is 9.82. The molecule has 1 fully saturated rings. The van der Waals surface area contributed by atoms with Gasteiger partial charge in [-0.25, -0.2) is 4.79 Å². The summed E-state index contributed by atoms with van der Waals surface area (Å²) >= 11 is 0. The Morgan fingerprint density at radius 1 is 1.00 bits per heavy atom. The number of ether oxygens (including phenoxy) is 3. The zero-order chi connectivity index (χ0) is 28.5. The predicted molar refractivity (Wildman–Crippen MR) is 152 cm³/mol. The van der Waals surface area contributed by atoms with E-state index in [1.165, 1.54) is 17.7 Å². The van der Waals surface area contributed by atoms with E-state index in [0.717, 1.165) is 35.5 Å². The normalized spacial score (nSPS) is 17.0. The third-order valence-electron chi connectivity index (χ3n) is 6.95.